The number of nitrogens with zero attached hydrogens (tertiary/aromatic N) is 1. The van der Waals surface area contributed by atoms with Crippen molar-refractivity contribution in [1.82, 2.24) is 5.06 Å². The molecule has 0 aromatic heterocycles. The molecule has 1 aliphatic heterocycles. The van der Waals surface area contributed by atoms with Crippen LogP contribution in [-0.2, 0) is 14.4 Å². The van der Waals surface area contributed by atoms with Gasteiger partial charge in [-0.1, -0.05) is 36.4 Å². The summed E-state index contributed by atoms with van der Waals surface area (Å²) < 4.78 is 4.95. The molecule has 1 saturated heterocycles. The van der Waals surface area contributed by atoms with Gasteiger partial charge in [-0.25, -0.2) is 0 Å². The second-order valence-electron chi connectivity index (χ2n) is 5.36. The molecule has 0 unspecified atom stereocenters. The molecule has 0 saturated carbocycles. The van der Waals surface area contributed by atoms with Crippen LogP contribution in [0, 0.1) is 0 Å². The Morgan fingerprint density at radius 1 is 1.20 bits per heavy atom. The maximum atomic E-state index is 12.1. The Kier molecular flexibility index (Phi) is 2.40. The van der Waals surface area contributed by atoms with Crippen LogP contribution in [0.5, 0.6) is 0 Å². The Morgan fingerprint density at radius 3 is 2.60 bits per heavy atom. The molecule has 4 rings (SSSR count). The summed E-state index contributed by atoms with van der Waals surface area (Å²) in [5.74, 6) is -0.238. The second kappa shape index (κ2) is 4.04. The molecule has 2 aromatic rings. The molecule has 1 aliphatic carbocycles. The number of esters is 1. The van der Waals surface area contributed by atoms with Crippen LogP contribution in [0.15, 0.2) is 36.4 Å². The summed E-state index contributed by atoms with van der Waals surface area (Å²) in [4.78, 5) is 18.0. The van der Waals surface area contributed by atoms with Crippen LogP contribution >= 0.6 is 0 Å². The fraction of sp³-hybridized carbons (Fsp3) is 0.312. The van der Waals surface area contributed by atoms with E-state index in [1.807, 2.05) is 12.1 Å². The predicted molar refractivity (Wildman–Crippen MR) is 74.1 cm³/mol. The molecule has 0 bridgehead atoms. The number of carbonyl (C=O) groups excluding carboxylic acids is 1. The number of hydrogen-bond acceptors (Lipinski definition) is 4. The monoisotopic (exact) mass is 269 g/mol. The molecule has 4 nitrogen and oxygen atoms in total. The molecule has 1 fully saturated rings. The number of likely N-dealkylation sites (N-methyl/N-ethyl adjacent to an activating group) is 1. The van der Waals surface area contributed by atoms with Crippen LogP contribution in [0.4, 0.5) is 0 Å². The Bertz CT molecular complexity index is 707. The van der Waals surface area contributed by atoms with Gasteiger partial charge >= 0.3 is 5.97 Å². The van der Waals surface area contributed by atoms with E-state index in [0.717, 1.165) is 0 Å². The highest BCUT2D eigenvalue weighted by Gasteiger charge is 2.51. The zero-order valence-corrected chi connectivity index (χ0v) is 11.4. The normalized spacial score (nSPS) is 27.8. The Balaban J connectivity index is 1.94. The molecule has 20 heavy (non-hydrogen) atoms. The van der Waals surface area contributed by atoms with Crippen molar-refractivity contribution in [3.8, 4) is 0 Å². The number of ether oxygens (including phenoxy) is 1. The third-order valence-corrected chi connectivity index (χ3v) is 4.42. The Labute approximate surface area is 116 Å². The standard InChI is InChI=1S/C16H15NO3/c1-17-14(16(18)19-2)13-10-7-3-5-9-6-4-8-11(12(9)10)15(13)20-17/h3-8,13-15H,1-2H3/t13-,14+,15-/m1/s1. The Hall–Kier alpha value is -1.91. The maximum Gasteiger partial charge on any atom is 0.326 e. The minimum Gasteiger partial charge on any atom is -0.468 e. The van der Waals surface area contributed by atoms with E-state index in [9.17, 15) is 4.79 Å². The first-order valence-corrected chi connectivity index (χ1v) is 6.71. The van der Waals surface area contributed by atoms with Crippen LogP contribution in [0.2, 0.25) is 0 Å². The molecule has 2 aliphatic rings. The molecular formula is C16H15NO3. The number of hydrogen-bond donors (Lipinski definition) is 0. The van der Waals surface area contributed by atoms with Crippen molar-refractivity contribution >= 4 is 16.7 Å². The highest BCUT2D eigenvalue weighted by atomic mass is 16.7. The van der Waals surface area contributed by atoms with E-state index in [2.05, 4.69) is 24.3 Å². The summed E-state index contributed by atoms with van der Waals surface area (Å²) in [5, 5.41) is 4.06. The lowest BCUT2D eigenvalue weighted by Crippen LogP contribution is -2.36. The molecule has 4 heteroatoms. The predicted octanol–water partition coefficient (Wildman–Crippen LogP) is 2.40. The quantitative estimate of drug-likeness (QED) is 0.745. The molecule has 2 aromatic carbocycles. The molecule has 0 N–H and O–H groups in total. The van der Waals surface area contributed by atoms with Crippen molar-refractivity contribution in [3.63, 3.8) is 0 Å². The highest BCUT2D eigenvalue weighted by Crippen LogP contribution is 2.53. The van der Waals surface area contributed by atoms with Gasteiger partial charge in [-0.15, -0.1) is 0 Å². The van der Waals surface area contributed by atoms with E-state index in [1.165, 1.54) is 29.0 Å². The van der Waals surface area contributed by atoms with E-state index >= 15 is 0 Å². The van der Waals surface area contributed by atoms with Crippen molar-refractivity contribution in [2.45, 2.75) is 18.1 Å². The van der Waals surface area contributed by atoms with Crippen molar-refractivity contribution in [1.29, 1.82) is 0 Å². The van der Waals surface area contributed by atoms with Gasteiger partial charge in [-0.3, -0.25) is 9.63 Å². The van der Waals surface area contributed by atoms with Crippen molar-refractivity contribution in [2.75, 3.05) is 14.2 Å². The zero-order valence-electron chi connectivity index (χ0n) is 11.4. The highest BCUT2D eigenvalue weighted by molar-refractivity contribution is 5.93. The maximum absolute atomic E-state index is 12.1. The summed E-state index contributed by atoms with van der Waals surface area (Å²) in [6, 6.07) is 12.1. The van der Waals surface area contributed by atoms with Gasteiger partial charge in [-0.05, 0) is 21.9 Å². The first-order valence-electron chi connectivity index (χ1n) is 6.71. The molecule has 0 spiro atoms. The SMILES string of the molecule is COC(=O)[C@@H]1[C@H]2c3cccc4cccc(c34)[C@H]2ON1C. The van der Waals surface area contributed by atoms with E-state index in [0.29, 0.717) is 0 Å². The van der Waals surface area contributed by atoms with Gasteiger partial charge in [0.25, 0.3) is 0 Å². The fourth-order valence-electron chi connectivity index (χ4n) is 3.62. The van der Waals surface area contributed by atoms with Crippen molar-refractivity contribution in [2.24, 2.45) is 0 Å². The largest absolute Gasteiger partial charge is 0.468 e. The molecule has 102 valence electrons. The average molecular weight is 269 g/mol. The third-order valence-electron chi connectivity index (χ3n) is 4.42. The van der Waals surface area contributed by atoms with Crippen LogP contribution in [0.1, 0.15) is 23.1 Å². The number of methoxy groups -OCH3 is 1. The smallest absolute Gasteiger partial charge is 0.326 e. The topological polar surface area (TPSA) is 38.8 Å². The molecule has 0 radical (unpaired) electrons. The molecular weight excluding hydrogens is 254 g/mol. The van der Waals surface area contributed by atoms with Gasteiger partial charge in [0.05, 0.1) is 7.11 Å². The summed E-state index contributed by atoms with van der Waals surface area (Å²) in [6.45, 7) is 0. The van der Waals surface area contributed by atoms with E-state index in [1.54, 1.807) is 12.1 Å². The van der Waals surface area contributed by atoms with Gasteiger partial charge in [0, 0.05) is 13.0 Å². The van der Waals surface area contributed by atoms with Crippen LogP contribution in [0.3, 0.4) is 0 Å². The van der Waals surface area contributed by atoms with Crippen molar-refractivity contribution < 1.29 is 14.4 Å². The molecule has 3 atom stereocenters. The fourth-order valence-corrected chi connectivity index (χ4v) is 3.62. The van der Waals surface area contributed by atoms with Crippen LogP contribution < -0.4 is 0 Å². The summed E-state index contributed by atoms with van der Waals surface area (Å²) in [7, 11) is 3.22. The molecule has 0 amide bonds. The van der Waals surface area contributed by atoms with Gasteiger partial charge < -0.3 is 4.74 Å². The average Bonchev–Trinajstić information content (AvgIpc) is 2.96. The van der Waals surface area contributed by atoms with Gasteiger partial charge in [-0.2, -0.15) is 5.06 Å². The minimum atomic E-state index is -0.386. The van der Waals surface area contributed by atoms with Crippen LogP contribution in [-0.4, -0.2) is 31.2 Å². The van der Waals surface area contributed by atoms with Gasteiger partial charge in [0.1, 0.15) is 12.1 Å². The lowest BCUT2D eigenvalue weighted by atomic mass is 9.91. The number of carbonyl (C=O) groups is 1. The van der Waals surface area contributed by atoms with Crippen LogP contribution in [0.25, 0.3) is 10.8 Å². The Morgan fingerprint density at radius 2 is 1.90 bits per heavy atom. The van der Waals surface area contributed by atoms with E-state index < -0.39 is 0 Å². The lowest BCUT2D eigenvalue weighted by Gasteiger charge is -2.19. The number of rotatable bonds is 1. The second-order valence-corrected chi connectivity index (χ2v) is 5.36. The first kappa shape index (κ1) is 11.9. The van der Waals surface area contributed by atoms with Crippen molar-refractivity contribution in [3.05, 3.63) is 47.5 Å². The summed E-state index contributed by atoms with van der Waals surface area (Å²) in [6.07, 6.45) is -0.0924. The number of benzene rings is 2. The lowest BCUT2D eigenvalue weighted by molar-refractivity contribution is -0.170. The van der Waals surface area contributed by atoms with Gasteiger partial charge in [0.2, 0.25) is 0 Å². The minimum absolute atomic E-state index is 0.00792. The first-order chi connectivity index (χ1) is 9.72. The number of fused-ring (bicyclic) bond motifs is 3. The van der Waals surface area contributed by atoms with E-state index in [4.69, 9.17) is 9.57 Å². The summed E-state index contributed by atoms with van der Waals surface area (Å²) in [5.41, 5.74) is 2.35. The third kappa shape index (κ3) is 1.35. The van der Waals surface area contributed by atoms with Gasteiger partial charge in [0.15, 0.2) is 0 Å². The molecule has 1 heterocycles. The zero-order chi connectivity index (χ0) is 13.9. The van der Waals surface area contributed by atoms with E-state index in [-0.39, 0.29) is 24.0 Å². The number of hydroxylamine groups is 2. The summed E-state index contributed by atoms with van der Waals surface area (Å²) >= 11 is 0.